The highest BCUT2D eigenvalue weighted by atomic mass is 32.2. The van der Waals surface area contributed by atoms with Gasteiger partial charge < -0.3 is 14.2 Å². The van der Waals surface area contributed by atoms with E-state index in [2.05, 4.69) is 16.7 Å². The molecule has 7 saturated carbocycles. The molecule has 4 heterocycles. The standard InChI is InChI=1S/C42H65NO3S/c1-4-15-33-25(9-1)26-20-19-24(23-38(26)46-33)43(31-13-8-18-36-39(31)29-10-2-5-16-34(29)44-36)32-14-7-12-27-28-21-22-37-40(42(28)47-41(27)32)30-11-3-6-17-35(30)45-37/h24-42H,1-23H2. The molecule has 0 radical (unpaired) electrons. The van der Waals surface area contributed by atoms with Crippen LogP contribution in [-0.2, 0) is 14.2 Å². The monoisotopic (exact) mass is 663 g/mol. The largest absolute Gasteiger partial charge is 0.374 e. The zero-order valence-electron chi connectivity index (χ0n) is 29.3. The molecule has 0 aromatic carbocycles. The van der Waals surface area contributed by atoms with E-state index in [1.54, 1.807) is 0 Å². The van der Waals surface area contributed by atoms with E-state index in [1.165, 1.54) is 148 Å². The predicted molar refractivity (Wildman–Crippen MR) is 188 cm³/mol. The van der Waals surface area contributed by atoms with Crippen molar-refractivity contribution < 1.29 is 14.2 Å². The third-order valence-electron chi connectivity index (χ3n) is 17.4. The second-order valence-corrected chi connectivity index (χ2v) is 20.5. The van der Waals surface area contributed by atoms with Crippen LogP contribution < -0.4 is 0 Å². The van der Waals surface area contributed by atoms with Crippen LogP contribution >= 0.6 is 11.8 Å². The van der Waals surface area contributed by atoms with E-state index in [9.17, 15) is 0 Å². The van der Waals surface area contributed by atoms with Gasteiger partial charge in [0.2, 0.25) is 0 Å². The normalized spacial score (nSPS) is 58.0. The van der Waals surface area contributed by atoms with Crippen LogP contribution in [-0.4, -0.2) is 70.1 Å². The molecule has 0 aromatic heterocycles. The molecular formula is C42H65NO3S. The lowest BCUT2D eigenvalue weighted by atomic mass is 9.64. The Balaban J connectivity index is 0.925. The number of fused-ring (bicyclic) bond motifs is 13. The van der Waals surface area contributed by atoms with Crippen LogP contribution in [0.15, 0.2) is 0 Å². The molecule has 19 unspecified atom stereocenters. The van der Waals surface area contributed by atoms with Gasteiger partial charge in [0.1, 0.15) is 0 Å². The molecule has 0 bridgehead atoms. The van der Waals surface area contributed by atoms with E-state index in [-0.39, 0.29) is 0 Å². The molecule has 11 rings (SSSR count). The maximum absolute atomic E-state index is 7.09. The van der Waals surface area contributed by atoms with Crippen molar-refractivity contribution >= 4 is 11.8 Å². The van der Waals surface area contributed by atoms with Crippen molar-refractivity contribution in [3.8, 4) is 0 Å². The molecule has 4 nitrogen and oxygen atoms in total. The van der Waals surface area contributed by atoms with Gasteiger partial charge in [0.25, 0.3) is 0 Å². The summed E-state index contributed by atoms with van der Waals surface area (Å²) >= 11 is 2.57. The van der Waals surface area contributed by atoms with E-state index in [0.717, 1.165) is 76.0 Å². The van der Waals surface area contributed by atoms with E-state index in [0.29, 0.717) is 36.6 Å². The molecule has 0 spiro atoms. The summed E-state index contributed by atoms with van der Waals surface area (Å²) in [6.07, 6.45) is 36.1. The molecule has 4 saturated heterocycles. The van der Waals surface area contributed by atoms with Crippen LogP contribution in [0.25, 0.3) is 0 Å². The summed E-state index contributed by atoms with van der Waals surface area (Å²) < 4.78 is 21.1. The quantitative estimate of drug-likeness (QED) is 0.301. The number of nitrogens with zero attached hydrogens (tertiary/aromatic N) is 1. The molecule has 5 heteroatoms. The van der Waals surface area contributed by atoms with Gasteiger partial charge in [-0.25, -0.2) is 0 Å². The SMILES string of the molecule is C1CCC2C(C1)OC1CC(N(C3CCCC4C5CCC6OC7CCCCC7C6C5SC43)C3CCCC4OC5CCCCC5C43)CCC12. The lowest BCUT2D eigenvalue weighted by Crippen LogP contribution is -2.61. The van der Waals surface area contributed by atoms with Crippen molar-refractivity contribution in [3.63, 3.8) is 0 Å². The van der Waals surface area contributed by atoms with E-state index in [4.69, 9.17) is 14.2 Å². The molecular weight excluding hydrogens is 599 g/mol. The topological polar surface area (TPSA) is 30.9 Å². The Morgan fingerprint density at radius 1 is 0.362 bits per heavy atom. The molecule has 0 N–H and O–H groups in total. The Bertz CT molecular complexity index is 1150. The minimum atomic E-state index is 0.545. The van der Waals surface area contributed by atoms with Crippen LogP contribution in [0.3, 0.4) is 0 Å². The first-order valence-electron chi connectivity index (χ1n) is 21.7. The smallest absolute Gasteiger partial charge is 0.0625 e. The summed E-state index contributed by atoms with van der Waals surface area (Å²) in [7, 11) is 0. The van der Waals surface area contributed by atoms with Crippen LogP contribution in [0, 0.1) is 47.3 Å². The Hall–Kier alpha value is 0.190. The molecule has 262 valence electrons. The van der Waals surface area contributed by atoms with Crippen molar-refractivity contribution in [2.75, 3.05) is 0 Å². The molecule has 47 heavy (non-hydrogen) atoms. The fraction of sp³-hybridized carbons (Fsp3) is 1.00. The second-order valence-electron chi connectivity index (χ2n) is 19.2. The first-order chi connectivity index (χ1) is 23.3. The summed E-state index contributed by atoms with van der Waals surface area (Å²) in [6.45, 7) is 0. The third kappa shape index (κ3) is 4.94. The number of thioether (sulfide) groups is 1. The van der Waals surface area contributed by atoms with Crippen molar-refractivity contribution in [3.05, 3.63) is 0 Å². The first-order valence-corrected chi connectivity index (χ1v) is 22.6. The van der Waals surface area contributed by atoms with Gasteiger partial charge in [0, 0.05) is 40.5 Å². The van der Waals surface area contributed by atoms with Crippen molar-refractivity contribution in [2.45, 2.75) is 213 Å². The van der Waals surface area contributed by atoms with E-state index >= 15 is 0 Å². The van der Waals surface area contributed by atoms with Gasteiger partial charge in [-0.1, -0.05) is 44.9 Å². The molecule has 11 fully saturated rings. The van der Waals surface area contributed by atoms with Crippen LogP contribution in [0.1, 0.15) is 148 Å². The summed E-state index contributed by atoms with van der Waals surface area (Å²) in [6, 6.07) is 2.27. The zero-order valence-corrected chi connectivity index (χ0v) is 30.1. The minimum Gasteiger partial charge on any atom is -0.374 e. The molecule has 0 aromatic rings. The molecule has 4 aliphatic heterocycles. The lowest BCUT2D eigenvalue weighted by molar-refractivity contribution is -0.0702. The molecule has 11 aliphatic rings. The Labute approximate surface area is 290 Å². The molecule has 0 amide bonds. The fourth-order valence-electron chi connectivity index (χ4n) is 15.9. The lowest BCUT2D eigenvalue weighted by Gasteiger charge is -2.54. The predicted octanol–water partition coefficient (Wildman–Crippen LogP) is 9.18. The van der Waals surface area contributed by atoms with Crippen molar-refractivity contribution in [1.82, 2.24) is 4.90 Å². The van der Waals surface area contributed by atoms with Gasteiger partial charge in [-0.2, -0.15) is 11.8 Å². The second kappa shape index (κ2) is 12.4. The number of ether oxygens (including phenoxy) is 3. The van der Waals surface area contributed by atoms with Crippen molar-refractivity contribution in [1.29, 1.82) is 0 Å². The summed E-state index contributed by atoms with van der Waals surface area (Å²) in [5.41, 5.74) is 0. The highest BCUT2D eigenvalue weighted by Gasteiger charge is 2.62. The van der Waals surface area contributed by atoms with Gasteiger partial charge >= 0.3 is 0 Å². The Kier molecular flexibility index (Phi) is 8.13. The van der Waals surface area contributed by atoms with E-state index in [1.807, 2.05) is 0 Å². The van der Waals surface area contributed by atoms with Gasteiger partial charge in [-0.05, 0) is 138 Å². The average molecular weight is 664 g/mol. The highest BCUT2D eigenvalue weighted by Crippen LogP contribution is 2.63. The summed E-state index contributed by atoms with van der Waals surface area (Å²) in [5, 5.41) is 1.74. The van der Waals surface area contributed by atoms with Gasteiger partial charge in [0.05, 0.1) is 36.6 Å². The maximum atomic E-state index is 7.09. The van der Waals surface area contributed by atoms with Crippen LogP contribution in [0.5, 0.6) is 0 Å². The highest BCUT2D eigenvalue weighted by molar-refractivity contribution is 8.00. The van der Waals surface area contributed by atoms with Gasteiger partial charge in [-0.3, -0.25) is 4.90 Å². The number of hydrogen-bond acceptors (Lipinski definition) is 5. The average Bonchev–Trinajstić information content (AvgIpc) is 3.88. The van der Waals surface area contributed by atoms with Gasteiger partial charge in [0.15, 0.2) is 0 Å². The van der Waals surface area contributed by atoms with Crippen molar-refractivity contribution in [2.24, 2.45) is 47.3 Å². The van der Waals surface area contributed by atoms with Gasteiger partial charge in [-0.15, -0.1) is 0 Å². The molecule has 7 aliphatic carbocycles. The summed E-state index contributed by atoms with van der Waals surface area (Å²) in [4.78, 5) is 3.38. The molecule has 19 atom stereocenters. The first kappa shape index (κ1) is 30.8. The number of rotatable bonds is 3. The summed E-state index contributed by atoms with van der Waals surface area (Å²) in [5.74, 6) is 7.03. The van der Waals surface area contributed by atoms with Crippen LogP contribution in [0.2, 0.25) is 0 Å². The maximum Gasteiger partial charge on any atom is 0.0625 e. The number of hydrogen-bond donors (Lipinski definition) is 0. The van der Waals surface area contributed by atoms with Crippen LogP contribution in [0.4, 0.5) is 0 Å². The zero-order chi connectivity index (χ0) is 30.6. The minimum absolute atomic E-state index is 0.545. The Morgan fingerprint density at radius 3 is 1.70 bits per heavy atom. The Morgan fingerprint density at radius 2 is 0.894 bits per heavy atom. The third-order valence-corrected chi connectivity index (χ3v) is 19.4. The van der Waals surface area contributed by atoms with E-state index < -0.39 is 0 Å². The fourth-order valence-corrected chi connectivity index (χ4v) is 18.3.